The molecule has 0 aromatic carbocycles. The van der Waals surface area contributed by atoms with Gasteiger partial charge in [-0.15, -0.1) is 0 Å². The first-order valence-corrected chi connectivity index (χ1v) is 8.31. The van der Waals surface area contributed by atoms with E-state index in [9.17, 15) is 14.4 Å². The van der Waals surface area contributed by atoms with Gasteiger partial charge in [0.05, 0.1) is 12.6 Å². The lowest BCUT2D eigenvalue weighted by Gasteiger charge is -2.29. The van der Waals surface area contributed by atoms with E-state index in [0.717, 1.165) is 32.0 Å². The van der Waals surface area contributed by atoms with Gasteiger partial charge >= 0.3 is 5.97 Å². The van der Waals surface area contributed by atoms with Gasteiger partial charge in [-0.2, -0.15) is 0 Å². The van der Waals surface area contributed by atoms with Crippen molar-refractivity contribution in [1.29, 1.82) is 0 Å². The number of hydrogen-bond donors (Lipinski definition) is 3. The van der Waals surface area contributed by atoms with Crippen molar-refractivity contribution in [2.24, 2.45) is 17.6 Å². The van der Waals surface area contributed by atoms with E-state index >= 15 is 0 Å². The SMILES string of the molecule is COC(=O)[C@H](C[C@@H]1CCCNC1=O)NC[C@@](N)(C=O)CC1CC1. The van der Waals surface area contributed by atoms with Gasteiger partial charge in [0.25, 0.3) is 0 Å². The minimum Gasteiger partial charge on any atom is -0.468 e. The number of carbonyl (C=O) groups is 3. The largest absolute Gasteiger partial charge is 0.468 e. The summed E-state index contributed by atoms with van der Waals surface area (Å²) in [5, 5.41) is 5.86. The third-order valence-corrected chi connectivity index (χ3v) is 4.68. The predicted molar refractivity (Wildman–Crippen MR) is 84.5 cm³/mol. The van der Waals surface area contributed by atoms with Crippen LogP contribution in [0.3, 0.4) is 0 Å². The van der Waals surface area contributed by atoms with Gasteiger partial charge in [0.2, 0.25) is 5.91 Å². The average Bonchev–Trinajstić information content (AvgIpc) is 3.36. The molecule has 1 saturated heterocycles. The number of piperidine rings is 1. The van der Waals surface area contributed by atoms with Gasteiger partial charge in [-0.25, -0.2) is 0 Å². The summed E-state index contributed by atoms with van der Waals surface area (Å²) in [5.41, 5.74) is 5.16. The number of rotatable bonds is 9. The molecule has 0 bridgehead atoms. The first kappa shape index (κ1) is 17.9. The molecule has 1 amide bonds. The molecule has 4 N–H and O–H groups in total. The zero-order valence-corrected chi connectivity index (χ0v) is 13.7. The zero-order chi connectivity index (χ0) is 16.9. The Labute approximate surface area is 136 Å². The predicted octanol–water partition coefficient (Wildman–Crippen LogP) is -0.270. The Kier molecular flexibility index (Phi) is 6.12. The van der Waals surface area contributed by atoms with Gasteiger partial charge in [0.1, 0.15) is 12.3 Å². The highest BCUT2D eigenvalue weighted by molar-refractivity contribution is 5.81. The highest BCUT2D eigenvalue weighted by atomic mass is 16.5. The summed E-state index contributed by atoms with van der Waals surface area (Å²) in [5.74, 6) is -0.165. The number of ether oxygens (including phenoxy) is 1. The molecule has 0 spiro atoms. The molecule has 7 nitrogen and oxygen atoms in total. The third-order valence-electron chi connectivity index (χ3n) is 4.68. The number of carbonyl (C=O) groups excluding carboxylic acids is 3. The standard InChI is InChI=1S/C16H27N3O4/c1-23-15(22)13(7-12-3-2-6-18-14(12)21)19-9-16(17,10-20)8-11-4-5-11/h10-13,19H,2-9,17H2,1H3,(H,18,21)/t12-,13-,16+/m0/s1. The molecule has 130 valence electrons. The molecule has 1 heterocycles. The molecular weight excluding hydrogens is 298 g/mol. The Hall–Kier alpha value is -1.47. The van der Waals surface area contributed by atoms with E-state index in [4.69, 9.17) is 10.5 Å². The van der Waals surface area contributed by atoms with Crippen molar-refractivity contribution in [3.63, 3.8) is 0 Å². The molecule has 0 unspecified atom stereocenters. The number of nitrogens with one attached hydrogen (secondary N) is 2. The van der Waals surface area contributed by atoms with Crippen LogP contribution in [0.25, 0.3) is 0 Å². The topological polar surface area (TPSA) is 111 Å². The van der Waals surface area contributed by atoms with Crippen LogP contribution in [0.5, 0.6) is 0 Å². The van der Waals surface area contributed by atoms with Crippen LogP contribution in [0.4, 0.5) is 0 Å². The summed E-state index contributed by atoms with van der Waals surface area (Å²) in [4.78, 5) is 35.2. The van der Waals surface area contributed by atoms with Crippen LogP contribution < -0.4 is 16.4 Å². The second-order valence-corrected chi connectivity index (χ2v) is 6.82. The van der Waals surface area contributed by atoms with Crippen molar-refractivity contribution >= 4 is 18.2 Å². The fourth-order valence-corrected chi connectivity index (χ4v) is 3.08. The molecule has 2 aliphatic rings. The fourth-order valence-electron chi connectivity index (χ4n) is 3.08. The maximum atomic E-state index is 12.0. The number of esters is 1. The van der Waals surface area contributed by atoms with Gasteiger partial charge < -0.3 is 25.9 Å². The van der Waals surface area contributed by atoms with E-state index in [1.165, 1.54) is 7.11 Å². The Bertz CT molecular complexity index is 453. The van der Waals surface area contributed by atoms with Gasteiger partial charge in [-0.05, 0) is 31.6 Å². The molecule has 1 aliphatic carbocycles. The van der Waals surface area contributed by atoms with E-state index in [2.05, 4.69) is 10.6 Å². The van der Waals surface area contributed by atoms with Crippen LogP contribution >= 0.6 is 0 Å². The number of nitrogens with two attached hydrogens (primary N) is 1. The second-order valence-electron chi connectivity index (χ2n) is 6.82. The summed E-state index contributed by atoms with van der Waals surface area (Å²) >= 11 is 0. The summed E-state index contributed by atoms with van der Waals surface area (Å²) in [6, 6.07) is -0.629. The first-order chi connectivity index (χ1) is 11.0. The van der Waals surface area contributed by atoms with Crippen molar-refractivity contribution in [2.75, 3.05) is 20.2 Å². The van der Waals surface area contributed by atoms with E-state index in [-0.39, 0.29) is 18.4 Å². The average molecular weight is 325 g/mol. The minimum absolute atomic E-state index is 0.0284. The van der Waals surface area contributed by atoms with E-state index in [1.807, 2.05) is 0 Å². The Balaban J connectivity index is 1.93. The van der Waals surface area contributed by atoms with Gasteiger partial charge in [0.15, 0.2) is 0 Å². The number of amides is 1. The molecule has 0 radical (unpaired) electrons. The summed E-state index contributed by atoms with van der Waals surface area (Å²) in [6.45, 7) is 0.894. The number of aldehydes is 1. The van der Waals surface area contributed by atoms with E-state index in [0.29, 0.717) is 25.3 Å². The molecule has 1 saturated carbocycles. The summed E-state index contributed by atoms with van der Waals surface area (Å²) < 4.78 is 4.82. The summed E-state index contributed by atoms with van der Waals surface area (Å²) in [7, 11) is 1.32. The smallest absolute Gasteiger partial charge is 0.322 e. The van der Waals surface area contributed by atoms with Crippen LogP contribution in [0.2, 0.25) is 0 Å². The Morgan fingerprint density at radius 1 is 1.52 bits per heavy atom. The molecule has 2 fully saturated rings. The van der Waals surface area contributed by atoms with Crippen LogP contribution in [-0.2, 0) is 19.1 Å². The van der Waals surface area contributed by atoms with Crippen molar-refractivity contribution in [3.8, 4) is 0 Å². The minimum atomic E-state index is -0.970. The maximum absolute atomic E-state index is 12.0. The van der Waals surface area contributed by atoms with Crippen molar-refractivity contribution in [3.05, 3.63) is 0 Å². The normalized spacial score (nSPS) is 25.1. The second kappa shape index (κ2) is 7.88. The summed E-state index contributed by atoms with van der Waals surface area (Å²) in [6.07, 6.45) is 5.62. The third kappa shape index (κ3) is 5.28. The lowest BCUT2D eigenvalue weighted by Crippen LogP contribution is -2.55. The maximum Gasteiger partial charge on any atom is 0.322 e. The lowest BCUT2D eigenvalue weighted by atomic mass is 9.90. The Morgan fingerprint density at radius 3 is 2.83 bits per heavy atom. The fraction of sp³-hybridized carbons (Fsp3) is 0.812. The van der Waals surface area contributed by atoms with Crippen LogP contribution in [0.1, 0.15) is 38.5 Å². The molecule has 1 aliphatic heterocycles. The molecular formula is C16H27N3O4. The quantitative estimate of drug-likeness (QED) is 0.397. The van der Waals surface area contributed by atoms with Gasteiger partial charge in [-0.1, -0.05) is 12.8 Å². The number of hydrogen-bond acceptors (Lipinski definition) is 6. The molecule has 0 aromatic rings. The highest BCUT2D eigenvalue weighted by Gasteiger charge is 2.36. The van der Waals surface area contributed by atoms with Crippen LogP contribution in [0, 0.1) is 11.8 Å². The zero-order valence-electron chi connectivity index (χ0n) is 13.7. The van der Waals surface area contributed by atoms with Gasteiger partial charge in [-0.3, -0.25) is 9.59 Å². The first-order valence-electron chi connectivity index (χ1n) is 8.31. The molecule has 2 rings (SSSR count). The number of methoxy groups -OCH3 is 1. The van der Waals surface area contributed by atoms with E-state index in [1.54, 1.807) is 0 Å². The molecule has 3 atom stereocenters. The van der Waals surface area contributed by atoms with Crippen LogP contribution in [0.15, 0.2) is 0 Å². The van der Waals surface area contributed by atoms with E-state index < -0.39 is 17.6 Å². The van der Waals surface area contributed by atoms with Crippen LogP contribution in [-0.4, -0.2) is 49.9 Å². The molecule has 7 heteroatoms. The highest BCUT2D eigenvalue weighted by Crippen LogP contribution is 2.35. The molecule has 0 aromatic heterocycles. The molecule has 23 heavy (non-hydrogen) atoms. The Morgan fingerprint density at radius 2 is 2.26 bits per heavy atom. The van der Waals surface area contributed by atoms with Crippen molar-refractivity contribution in [2.45, 2.75) is 50.1 Å². The van der Waals surface area contributed by atoms with Crippen molar-refractivity contribution < 1.29 is 19.1 Å². The van der Waals surface area contributed by atoms with Gasteiger partial charge in [0, 0.05) is 19.0 Å². The monoisotopic (exact) mass is 325 g/mol. The lowest BCUT2D eigenvalue weighted by molar-refractivity contribution is -0.144. The van der Waals surface area contributed by atoms with Crippen molar-refractivity contribution in [1.82, 2.24) is 10.6 Å².